The molecule has 0 unspecified atom stereocenters. The van der Waals surface area contributed by atoms with E-state index in [-0.39, 0.29) is 0 Å². The van der Waals surface area contributed by atoms with Crippen LogP contribution in [0.1, 0.15) is 25.3 Å². The van der Waals surface area contributed by atoms with Crippen molar-refractivity contribution in [1.29, 1.82) is 0 Å². The average molecular weight is 279 g/mol. The SMILES string of the molecule is CC(C)c1ccccc1-n1nnnc1-c1ccccc1N. The van der Waals surface area contributed by atoms with Crippen LogP contribution in [0.2, 0.25) is 0 Å². The van der Waals surface area contributed by atoms with Gasteiger partial charge in [0.2, 0.25) is 0 Å². The minimum absolute atomic E-state index is 0.381. The van der Waals surface area contributed by atoms with Crippen LogP contribution in [0.3, 0.4) is 0 Å². The molecule has 0 aliphatic heterocycles. The Morgan fingerprint density at radius 2 is 1.71 bits per heavy atom. The molecule has 0 spiro atoms. The van der Waals surface area contributed by atoms with Crippen molar-refractivity contribution in [2.24, 2.45) is 0 Å². The van der Waals surface area contributed by atoms with E-state index < -0.39 is 0 Å². The molecule has 3 aromatic rings. The molecule has 0 saturated carbocycles. The van der Waals surface area contributed by atoms with Gasteiger partial charge in [-0.15, -0.1) is 5.10 Å². The number of hydrogen-bond donors (Lipinski definition) is 1. The first-order valence-electron chi connectivity index (χ1n) is 6.91. The minimum Gasteiger partial charge on any atom is -0.398 e. The predicted octanol–water partition coefficient (Wildman–Crippen LogP) is 3.03. The molecular weight excluding hydrogens is 262 g/mol. The number of benzene rings is 2. The number of nitrogens with two attached hydrogens (primary N) is 1. The molecule has 2 N–H and O–H groups in total. The van der Waals surface area contributed by atoms with Crippen molar-refractivity contribution in [2.75, 3.05) is 5.73 Å². The molecular formula is C16H17N5. The molecule has 5 heteroatoms. The lowest BCUT2D eigenvalue weighted by Crippen LogP contribution is -2.05. The fourth-order valence-electron chi connectivity index (χ4n) is 2.39. The van der Waals surface area contributed by atoms with Gasteiger partial charge in [-0.25, -0.2) is 0 Å². The van der Waals surface area contributed by atoms with Crippen molar-refractivity contribution >= 4 is 5.69 Å². The lowest BCUT2D eigenvalue weighted by molar-refractivity contribution is 0.765. The lowest BCUT2D eigenvalue weighted by Gasteiger charge is -2.13. The molecule has 1 aromatic heterocycles. The van der Waals surface area contributed by atoms with E-state index in [0.717, 1.165) is 11.3 Å². The van der Waals surface area contributed by atoms with E-state index in [1.165, 1.54) is 5.56 Å². The van der Waals surface area contributed by atoms with Gasteiger partial charge in [0.15, 0.2) is 5.82 Å². The van der Waals surface area contributed by atoms with E-state index in [2.05, 4.69) is 35.4 Å². The predicted molar refractivity (Wildman–Crippen MR) is 83.1 cm³/mol. The van der Waals surface area contributed by atoms with Crippen LogP contribution in [0, 0.1) is 0 Å². The summed E-state index contributed by atoms with van der Waals surface area (Å²) in [6.45, 7) is 4.31. The van der Waals surface area contributed by atoms with Crippen LogP contribution in [-0.2, 0) is 0 Å². The number of rotatable bonds is 3. The van der Waals surface area contributed by atoms with Gasteiger partial charge in [-0.2, -0.15) is 4.68 Å². The van der Waals surface area contributed by atoms with E-state index in [1.807, 2.05) is 42.5 Å². The van der Waals surface area contributed by atoms with E-state index in [4.69, 9.17) is 5.73 Å². The summed E-state index contributed by atoms with van der Waals surface area (Å²) in [5.41, 5.74) is 9.72. The normalized spacial score (nSPS) is 11.0. The first-order chi connectivity index (χ1) is 10.2. The summed E-state index contributed by atoms with van der Waals surface area (Å²) in [7, 11) is 0. The third-order valence-corrected chi connectivity index (χ3v) is 3.46. The molecule has 0 amide bonds. The quantitative estimate of drug-likeness (QED) is 0.748. The van der Waals surface area contributed by atoms with E-state index in [1.54, 1.807) is 4.68 Å². The average Bonchev–Trinajstić information content (AvgIpc) is 2.96. The highest BCUT2D eigenvalue weighted by Gasteiger charge is 2.16. The van der Waals surface area contributed by atoms with Crippen molar-refractivity contribution in [1.82, 2.24) is 20.2 Å². The minimum atomic E-state index is 0.381. The number of nitrogens with zero attached hydrogens (tertiary/aromatic N) is 4. The van der Waals surface area contributed by atoms with Crippen LogP contribution >= 0.6 is 0 Å². The van der Waals surface area contributed by atoms with Crippen LogP contribution in [-0.4, -0.2) is 20.2 Å². The smallest absolute Gasteiger partial charge is 0.189 e. The Kier molecular flexibility index (Phi) is 3.39. The first-order valence-corrected chi connectivity index (χ1v) is 6.91. The molecule has 0 bridgehead atoms. The second-order valence-corrected chi connectivity index (χ2v) is 5.22. The van der Waals surface area contributed by atoms with E-state index in [0.29, 0.717) is 17.4 Å². The monoisotopic (exact) mass is 279 g/mol. The molecule has 106 valence electrons. The van der Waals surface area contributed by atoms with E-state index >= 15 is 0 Å². The van der Waals surface area contributed by atoms with Crippen LogP contribution < -0.4 is 5.73 Å². The second-order valence-electron chi connectivity index (χ2n) is 5.22. The standard InChI is InChI=1S/C16H17N5/c1-11(2)12-7-4-6-10-15(12)21-16(18-19-20-21)13-8-3-5-9-14(13)17/h3-11H,17H2,1-2H3. The molecule has 0 aliphatic rings. The van der Waals surface area contributed by atoms with Crippen molar-refractivity contribution in [3.8, 4) is 17.1 Å². The fourth-order valence-corrected chi connectivity index (χ4v) is 2.39. The molecule has 2 aromatic carbocycles. The van der Waals surface area contributed by atoms with Gasteiger partial charge in [0.1, 0.15) is 0 Å². The maximum Gasteiger partial charge on any atom is 0.189 e. The van der Waals surface area contributed by atoms with E-state index in [9.17, 15) is 0 Å². The number of para-hydroxylation sites is 2. The number of anilines is 1. The summed E-state index contributed by atoms with van der Waals surface area (Å²) in [6, 6.07) is 15.7. The van der Waals surface area contributed by atoms with Crippen molar-refractivity contribution in [2.45, 2.75) is 19.8 Å². The van der Waals surface area contributed by atoms with Gasteiger partial charge in [0, 0.05) is 11.3 Å². The van der Waals surface area contributed by atoms with Crippen molar-refractivity contribution < 1.29 is 0 Å². The molecule has 0 aliphatic carbocycles. The Morgan fingerprint density at radius 3 is 2.48 bits per heavy atom. The molecule has 0 fully saturated rings. The number of hydrogen-bond acceptors (Lipinski definition) is 4. The summed E-state index contributed by atoms with van der Waals surface area (Å²) in [5.74, 6) is 1.03. The maximum absolute atomic E-state index is 6.05. The zero-order valence-electron chi connectivity index (χ0n) is 12.1. The molecule has 0 atom stereocenters. The molecule has 0 radical (unpaired) electrons. The summed E-state index contributed by atoms with van der Waals surface area (Å²) in [6.07, 6.45) is 0. The molecule has 5 nitrogen and oxygen atoms in total. The number of aromatic nitrogens is 4. The zero-order chi connectivity index (χ0) is 14.8. The second kappa shape index (κ2) is 5.36. The molecule has 21 heavy (non-hydrogen) atoms. The number of tetrazole rings is 1. The third kappa shape index (κ3) is 2.38. The van der Waals surface area contributed by atoms with Gasteiger partial charge >= 0.3 is 0 Å². The Bertz CT molecular complexity index is 761. The van der Waals surface area contributed by atoms with Gasteiger partial charge in [-0.1, -0.05) is 44.2 Å². The molecule has 0 saturated heterocycles. The zero-order valence-corrected chi connectivity index (χ0v) is 12.1. The summed E-state index contributed by atoms with van der Waals surface area (Å²) >= 11 is 0. The third-order valence-electron chi connectivity index (χ3n) is 3.46. The highest BCUT2D eigenvalue weighted by Crippen LogP contribution is 2.28. The fraction of sp³-hybridized carbons (Fsp3) is 0.188. The number of nitrogen functional groups attached to an aromatic ring is 1. The highest BCUT2D eigenvalue weighted by atomic mass is 15.5. The first kappa shape index (κ1) is 13.3. The largest absolute Gasteiger partial charge is 0.398 e. The van der Waals surface area contributed by atoms with Gasteiger partial charge in [-0.3, -0.25) is 0 Å². The van der Waals surface area contributed by atoms with Gasteiger partial charge in [-0.05, 0) is 40.1 Å². The Morgan fingerprint density at radius 1 is 1.00 bits per heavy atom. The molecule has 1 heterocycles. The van der Waals surface area contributed by atoms with Crippen LogP contribution in [0.15, 0.2) is 48.5 Å². The highest BCUT2D eigenvalue weighted by molar-refractivity contribution is 5.72. The Labute approximate surface area is 123 Å². The summed E-state index contributed by atoms with van der Waals surface area (Å²) in [5, 5.41) is 12.1. The maximum atomic E-state index is 6.05. The Hall–Kier alpha value is -2.69. The van der Waals surface area contributed by atoms with Gasteiger partial charge < -0.3 is 5.73 Å². The lowest BCUT2D eigenvalue weighted by atomic mass is 10.0. The Balaban J connectivity index is 2.19. The summed E-state index contributed by atoms with van der Waals surface area (Å²) < 4.78 is 1.75. The molecule has 3 rings (SSSR count). The topological polar surface area (TPSA) is 69.6 Å². The van der Waals surface area contributed by atoms with Crippen LogP contribution in [0.4, 0.5) is 5.69 Å². The van der Waals surface area contributed by atoms with Crippen LogP contribution in [0.5, 0.6) is 0 Å². The van der Waals surface area contributed by atoms with Crippen molar-refractivity contribution in [3.05, 3.63) is 54.1 Å². The summed E-state index contributed by atoms with van der Waals surface area (Å²) in [4.78, 5) is 0. The van der Waals surface area contributed by atoms with Gasteiger partial charge in [0.05, 0.1) is 5.69 Å². The van der Waals surface area contributed by atoms with Crippen molar-refractivity contribution in [3.63, 3.8) is 0 Å². The van der Waals surface area contributed by atoms with Gasteiger partial charge in [0.25, 0.3) is 0 Å². The van der Waals surface area contributed by atoms with Crippen LogP contribution in [0.25, 0.3) is 17.1 Å².